The molecule has 0 aromatic heterocycles. The third-order valence-electron chi connectivity index (χ3n) is 4.12. The molecule has 26 heavy (non-hydrogen) atoms. The smallest absolute Gasteiger partial charge is 0.265 e. The molecule has 2 aromatic carbocycles. The quantitative estimate of drug-likeness (QED) is 0.837. The Labute approximate surface area is 153 Å². The van der Waals surface area contributed by atoms with Gasteiger partial charge in [0.1, 0.15) is 10.6 Å². The SMILES string of the molecule is COc1ccc(C)cc1S(=O)(=O)Nc1ccc(N2CCCS2(=O)=O)cc1. The van der Waals surface area contributed by atoms with Crippen molar-refractivity contribution in [1.82, 2.24) is 0 Å². The van der Waals surface area contributed by atoms with Crippen molar-refractivity contribution in [2.24, 2.45) is 0 Å². The van der Waals surface area contributed by atoms with Gasteiger partial charge in [-0.25, -0.2) is 16.8 Å². The van der Waals surface area contributed by atoms with Gasteiger partial charge in [0, 0.05) is 12.2 Å². The van der Waals surface area contributed by atoms with Crippen LogP contribution in [0.25, 0.3) is 0 Å². The largest absolute Gasteiger partial charge is 0.495 e. The summed E-state index contributed by atoms with van der Waals surface area (Å²) in [7, 11) is -5.70. The van der Waals surface area contributed by atoms with Crippen molar-refractivity contribution < 1.29 is 21.6 Å². The molecule has 7 nitrogen and oxygen atoms in total. The number of ether oxygens (including phenoxy) is 1. The van der Waals surface area contributed by atoms with Crippen LogP contribution in [0.3, 0.4) is 0 Å². The van der Waals surface area contributed by atoms with Gasteiger partial charge in [-0.15, -0.1) is 0 Å². The van der Waals surface area contributed by atoms with Crippen LogP contribution < -0.4 is 13.8 Å². The standard InChI is InChI=1S/C17H20N2O5S2/c1-13-4-9-16(24-2)17(12-13)26(22,23)18-14-5-7-15(8-6-14)19-10-3-11-25(19,20)21/h4-9,12,18H,3,10-11H2,1-2H3. The molecule has 1 aliphatic rings. The normalized spacial score (nSPS) is 16.5. The first kappa shape index (κ1) is 18.5. The summed E-state index contributed by atoms with van der Waals surface area (Å²) in [4.78, 5) is 0.0474. The maximum Gasteiger partial charge on any atom is 0.265 e. The zero-order chi connectivity index (χ0) is 18.9. The van der Waals surface area contributed by atoms with Crippen molar-refractivity contribution >= 4 is 31.4 Å². The summed E-state index contributed by atoms with van der Waals surface area (Å²) in [6, 6.07) is 11.2. The lowest BCUT2D eigenvalue weighted by Crippen LogP contribution is -2.25. The molecule has 0 aliphatic carbocycles. The summed E-state index contributed by atoms with van der Waals surface area (Å²) in [6.07, 6.45) is 0.587. The molecule has 0 spiro atoms. The molecule has 0 amide bonds. The topological polar surface area (TPSA) is 92.8 Å². The van der Waals surface area contributed by atoms with E-state index >= 15 is 0 Å². The number of benzene rings is 2. The minimum absolute atomic E-state index is 0.0474. The Bertz CT molecular complexity index is 1020. The summed E-state index contributed by atoms with van der Waals surface area (Å²) < 4.78 is 58.3. The highest BCUT2D eigenvalue weighted by molar-refractivity contribution is 7.93. The van der Waals surface area contributed by atoms with Crippen LogP contribution in [0, 0.1) is 6.92 Å². The van der Waals surface area contributed by atoms with E-state index in [1.165, 1.54) is 17.5 Å². The van der Waals surface area contributed by atoms with E-state index in [1.807, 2.05) is 0 Å². The van der Waals surface area contributed by atoms with Gasteiger partial charge in [0.2, 0.25) is 10.0 Å². The van der Waals surface area contributed by atoms with E-state index in [9.17, 15) is 16.8 Å². The molecule has 1 N–H and O–H groups in total. The van der Waals surface area contributed by atoms with Crippen LogP contribution in [0.5, 0.6) is 5.75 Å². The van der Waals surface area contributed by atoms with Crippen molar-refractivity contribution in [3.63, 3.8) is 0 Å². The molecule has 0 unspecified atom stereocenters. The van der Waals surface area contributed by atoms with Gasteiger partial charge in [0.05, 0.1) is 18.6 Å². The number of nitrogens with zero attached hydrogens (tertiary/aromatic N) is 1. The molecule has 0 bridgehead atoms. The highest BCUT2D eigenvalue weighted by Crippen LogP contribution is 2.29. The second-order valence-corrected chi connectivity index (χ2v) is 9.71. The molecule has 0 atom stereocenters. The number of hydrogen-bond donors (Lipinski definition) is 1. The van der Waals surface area contributed by atoms with E-state index in [4.69, 9.17) is 4.74 Å². The molecule has 140 valence electrons. The van der Waals surface area contributed by atoms with Gasteiger partial charge < -0.3 is 4.74 Å². The molecular weight excluding hydrogens is 376 g/mol. The van der Waals surface area contributed by atoms with E-state index < -0.39 is 20.0 Å². The minimum Gasteiger partial charge on any atom is -0.495 e. The zero-order valence-corrected chi connectivity index (χ0v) is 16.1. The molecule has 1 saturated heterocycles. The molecular formula is C17H20N2O5S2. The molecule has 1 fully saturated rings. The molecule has 2 aromatic rings. The number of rotatable bonds is 5. The maximum absolute atomic E-state index is 12.7. The monoisotopic (exact) mass is 396 g/mol. The number of sulfonamides is 2. The van der Waals surface area contributed by atoms with Crippen molar-refractivity contribution in [3.8, 4) is 5.75 Å². The molecule has 0 saturated carbocycles. The van der Waals surface area contributed by atoms with Gasteiger partial charge in [-0.05, 0) is 55.3 Å². The predicted octanol–water partition coefficient (Wildman–Crippen LogP) is 2.34. The lowest BCUT2D eigenvalue weighted by Gasteiger charge is -2.17. The molecule has 1 heterocycles. The van der Waals surface area contributed by atoms with Gasteiger partial charge in [-0.1, -0.05) is 6.07 Å². The van der Waals surface area contributed by atoms with Crippen molar-refractivity contribution in [2.75, 3.05) is 28.4 Å². The Hall–Kier alpha value is -2.26. The Morgan fingerprint density at radius 3 is 2.38 bits per heavy atom. The maximum atomic E-state index is 12.7. The van der Waals surface area contributed by atoms with Crippen LogP contribution in [-0.2, 0) is 20.0 Å². The van der Waals surface area contributed by atoms with E-state index in [0.29, 0.717) is 24.3 Å². The van der Waals surface area contributed by atoms with Gasteiger partial charge in [0.15, 0.2) is 0 Å². The van der Waals surface area contributed by atoms with E-state index in [1.54, 1.807) is 43.3 Å². The fourth-order valence-electron chi connectivity index (χ4n) is 2.83. The number of anilines is 2. The fourth-order valence-corrected chi connectivity index (χ4v) is 5.71. The van der Waals surface area contributed by atoms with Gasteiger partial charge in [-0.2, -0.15) is 0 Å². The van der Waals surface area contributed by atoms with Crippen LogP contribution in [0.2, 0.25) is 0 Å². The first-order valence-corrected chi connectivity index (χ1v) is 11.1. The second-order valence-electron chi connectivity index (χ2n) is 6.05. The molecule has 9 heteroatoms. The summed E-state index contributed by atoms with van der Waals surface area (Å²) in [5.41, 5.74) is 1.66. The third kappa shape index (κ3) is 3.63. The zero-order valence-electron chi connectivity index (χ0n) is 14.5. The summed E-state index contributed by atoms with van der Waals surface area (Å²) >= 11 is 0. The summed E-state index contributed by atoms with van der Waals surface area (Å²) in [5.74, 6) is 0.386. The van der Waals surface area contributed by atoms with Gasteiger partial charge >= 0.3 is 0 Å². The number of aryl methyl sites for hydroxylation is 1. The van der Waals surface area contributed by atoms with Gasteiger partial charge in [0.25, 0.3) is 10.0 Å². The number of nitrogens with one attached hydrogen (secondary N) is 1. The fraction of sp³-hybridized carbons (Fsp3) is 0.294. The predicted molar refractivity (Wildman–Crippen MR) is 101 cm³/mol. The number of hydrogen-bond acceptors (Lipinski definition) is 5. The summed E-state index contributed by atoms with van der Waals surface area (Å²) in [5, 5.41) is 0. The van der Waals surface area contributed by atoms with Crippen LogP contribution in [0.1, 0.15) is 12.0 Å². The summed E-state index contributed by atoms with van der Waals surface area (Å²) in [6.45, 7) is 2.23. The first-order chi connectivity index (χ1) is 12.2. The van der Waals surface area contributed by atoms with E-state index in [0.717, 1.165) is 5.56 Å². The lowest BCUT2D eigenvalue weighted by atomic mass is 10.2. The highest BCUT2D eigenvalue weighted by atomic mass is 32.2. The average Bonchev–Trinajstić information content (AvgIpc) is 2.94. The van der Waals surface area contributed by atoms with Crippen molar-refractivity contribution in [3.05, 3.63) is 48.0 Å². The Balaban J connectivity index is 1.86. The molecule has 0 radical (unpaired) electrons. The Morgan fingerprint density at radius 2 is 1.81 bits per heavy atom. The van der Waals surface area contributed by atoms with Crippen LogP contribution in [0.4, 0.5) is 11.4 Å². The second kappa shape index (κ2) is 6.81. The molecule has 1 aliphatic heterocycles. The van der Waals surface area contributed by atoms with Crippen molar-refractivity contribution in [1.29, 1.82) is 0 Å². The third-order valence-corrected chi connectivity index (χ3v) is 7.39. The van der Waals surface area contributed by atoms with Crippen LogP contribution in [-0.4, -0.2) is 36.2 Å². The van der Waals surface area contributed by atoms with Crippen molar-refractivity contribution in [2.45, 2.75) is 18.2 Å². The van der Waals surface area contributed by atoms with E-state index in [-0.39, 0.29) is 16.4 Å². The Kier molecular flexibility index (Phi) is 4.85. The van der Waals surface area contributed by atoms with Crippen LogP contribution >= 0.6 is 0 Å². The Morgan fingerprint density at radius 1 is 1.12 bits per heavy atom. The lowest BCUT2D eigenvalue weighted by molar-refractivity contribution is 0.402. The first-order valence-electron chi connectivity index (χ1n) is 8.01. The molecule has 3 rings (SSSR count). The van der Waals surface area contributed by atoms with E-state index in [2.05, 4.69) is 4.72 Å². The average molecular weight is 396 g/mol. The van der Waals surface area contributed by atoms with Gasteiger partial charge in [-0.3, -0.25) is 9.03 Å². The highest BCUT2D eigenvalue weighted by Gasteiger charge is 2.28. The minimum atomic E-state index is -3.84. The van der Waals surface area contributed by atoms with Crippen LogP contribution in [0.15, 0.2) is 47.4 Å². The number of methoxy groups -OCH3 is 1.